The zero-order valence-corrected chi connectivity index (χ0v) is 17.3. The summed E-state index contributed by atoms with van der Waals surface area (Å²) < 4.78 is 5.41. The molecule has 1 aliphatic carbocycles. The SMILES string of the molecule is COc1ccc2c(c1)N=C1c3cccc4cccc(c34)C1N2NC(=O)CCN(C)C. The Hall–Kier alpha value is -3.38. The van der Waals surface area contributed by atoms with Crippen LogP contribution in [0.15, 0.2) is 59.6 Å². The molecule has 0 spiro atoms. The van der Waals surface area contributed by atoms with Crippen LogP contribution in [0.3, 0.4) is 0 Å². The third kappa shape index (κ3) is 2.92. The number of ether oxygens (including phenoxy) is 1. The quantitative estimate of drug-likeness (QED) is 0.707. The Bertz CT molecular complexity index is 1180. The summed E-state index contributed by atoms with van der Waals surface area (Å²) in [4.78, 5) is 19.8. The lowest BCUT2D eigenvalue weighted by atomic mass is 10.0. The molecule has 5 rings (SSSR count). The van der Waals surface area contributed by atoms with Gasteiger partial charge in [0.2, 0.25) is 5.91 Å². The predicted molar refractivity (Wildman–Crippen MR) is 120 cm³/mol. The predicted octanol–water partition coefficient (Wildman–Crippen LogP) is 3.83. The van der Waals surface area contributed by atoms with Gasteiger partial charge in [-0.15, -0.1) is 0 Å². The highest BCUT2D eigenvalue weighted by Gasteiger charge is 2.39. The van der Waals surface area contributed by atoms with Crippen molar-refractivity contribution in [2.24, 2.45) is 4.99 Å². The topological polar surface area (TPSA) is 57.2 Å². The molecule has 30 heavy (non-hydrogen) atoms. The summed E-state index contributed by atoms with van der Waals surface area (Å²) in [6.45, 7) is 0.691. The van der Waals surface area contributed by atoms with Crippen LogP contribution in [-0.4, -0.2) is 44.3 Å². The lowest BCUT2D eigenvalue weighted by Gasteiger charge is -2.36. The van der Waals surface area contributed by atoms with Crippen LogP contribution in [0, 0.1) is 0 Å². The molecule has 1 heterocycles. The molecule has 3 aromatic rings. The standard InChI is InChI=1S/C24H24N4O2/c1-27(2)13-12-21(29)26-28-20-11-10-16(30-3)14-19(20)25-23-17-8-4-6-15-7-5-9-18(22(15)17)24(23)28/h4-11,14,24H,12-13H2,1-3H3,(H,26,29). The van der Waals surface area contributed by atoms with Crippen LogP contribution < -0.4 is 15.2 Å². The van der Waals surface area contributed by atoms with E-state index in [2.05, 4.69) is 41.8 Å². The van der Waals surface area contributed by atoms with E-state index in [0.717, 1.165) is 34.0 Å². The zero-order chi connectivity index (χ0) is 20.8. The molecule has 3 aromatic carbocycles. The average Bonchev–Trinajstić information content (AvgIpc) is 3.07. The minimum absolute atomic E-state index is 0.0187. The summed E-state index contributed by atoms with van der Waals surface area (Å²) in [5, 5.41) is 4.36. The number of benzene rings is 3. The fourth-order valence-corrected chi connectivity index (χ4v) is 4.32. The van der Waals surface area contributed by atoms with Gasteiger partial charge in [0.05, 0.1) is 24.2 Å². The van der Waals surface area contributed by atoms with E-state index in [9.17, 15) is 4.79 Å². The molecule has 0 radical (unpaired) electrons. The first-order valence-electron chi connectivity index (χ1n) is 10.1. The van der Waals surface area contributed by atoms with Crippen LogP contribution in [0.2, 0.25) is 0 Å². The molecule has 6 heteroatoms. The molecule has 0 saturated carbocycles. The number of hydrazine groups is 1. The van der Waals surface area contributed by atoms with Gasteiger partial charge in [-0.1, -0.05) is 36.4 Å². The van der Waals surface area contributed by atoms with Gasteiger partial charge in [-0.25, -0.2) is 4.99 Å². The van der Waals surface area contributed by atoms with E-state index in [-0.39, 0.29) is 11.9 Å². The molecule has 0 saturated heterocycles. The lowest BCUT2D eigenvalue weighted by Crippen LogP contribution is -2.48. The minimum Gasteiger partial charge on any atom is -0.497 e. The van der Waals surface area contributed by atoms with Gasteiger partial charge >= 0.3 is 0 Å². The summed E-state index contributed by atoms with van der Waals surface area (Å²) in [6.07, 6.45) is 0.422. The Morgan fingerprint density at radius 1 is 1.17 bits per heavy atom. The number of carbonyl (C=O) groups excluding carboxylic acids is 1. The second kappa shape index (κ2) is 7.15. The van der Waals surface area contributed by atoms with E-state index in [1.54, 1.807) is 7.11 Å². The third-order valence-corrected chi connectivity index (χ3v) is 5.74. The van der Waals surface area contributed by atoms with Crippen LogP contribution >= 0.6 is 0 Å². The van der Waals surface area contributed by atoms with Crippen LogP contribution in [0.4, 0.5) is 11.4 Å². The Morgan fingerprint density at radius 3 is 2.73 bits per heavy atom. The molecular formula is C24H24N4O2. The fourth-order valence-electron chi connectivity index (χ4n) is 4.32. The average molecular weight is 400 g/mol. The Morgan fingerprint density at radius 2 is 1.97 bits per heavy atom. The first-order valence-corrected chi connectivity index (χ1v) is 10.1. The van der Waals surface area contributed by atoms with Crippen molar-refractivity contribution in [1.82, 2.24) is 10.3 Å². The molecular weight excluding hydrogens is 376 g/mol. The number of rotatable bonds is 5. The monoisotopic (exact) mass is 400 g/mol. The van der Waals surface area contributed by atoms with Gasteiger partial charge in [-0.2, -0.15) is 0 Å². The molecule has 1 N–H and O–H groups in total. The molecule has 0 bridgehead atoms. The summed E-state index contributed by atoms with van der Waals surface area (Å²) in [7, 11) is 5.58. The third-order valence-electron chi connectivity index (χ3n) is 5.74. The normalized spacial score (nSPS) is 16.3. The highest BCUT2D eigenvalue weighted by atomic mass is 16.5. The van der Waals surface area contributed by atoms with E-state index < -0.39 is 0 Å². The van der Waals surface area contributed by atoms with Crippen LogP contribution in [-0.2, 0) is 4.79 Å². The summed E-state index contributed by atoms with van der Waals surface area (Å²) in [6, 6.07) is 18.2. The van der Waals surface area contributed by atoms with E-state index in [0.29, 0.717) is 13.0 Å². The van der Waals surface area contributed by atoms with Crippen molar-refractivity contribution in [3.05, 3.63) is 65.7 Å². The van der Waals surface area contributed by atoms with Crippen molar-refractivity contribution < 1.29 is 9.53 Å². The van der Waals surface area contributed by atoms with E-state index >= 15 is 0 Å². The summed E-state index contributed by atoms with van der Waals surface area (Å²) >= 11 is 0. The van der Waals surface area contributed by atoms with E-state index in [1.165, 1.54) is 10.8 Å². The molecule has 152 valence electrons. The molecule has 1 unspecified atom stereocenters. The largest absolute Gasteiger partial charge is 0.497 e. The maximum Gasteiger partial charge on any atom is 0.239 e. The molecule has 1 aliphatic heterocycles. The second-order valence-corrected chi connectivity index (χ2v) is 7.96. The smallest absolute Gasteiger partial charge is 0.239 e. The van der Waals surface area contributed by atoms with Gasteiger partial charge in [0.25, 0.3) is 0 Å². The maximum atomic E-state index is 12.8. The first-order chi connectivity index (χ1) is 14.6. The molecule has 2 aliphatic rings. The van der Waals surface area contributed by atoms with Crippen LogP contribution in [0.5, 0.6) is 5.75 Å². The number of nitrogens with zero attached hydrogens (tertiary/aromatic N) is 3. The maximum absolute atomic E-state index is 12.8. The van der Waals surface area contributed by atoms with E-state index in [1.807, 2.05) is 42.2 Å². The molecule has 6 nitrogen and oxygen atoms in total. The number of aliphatic imine (C=N–C) groups is 1. The van der Waals surface area contributed by atoms with E-state index in [4.69, 9.17) is 9.73 Å². The van der Waals surface area contributed by atoms with Crippen molar-refractivity contribution in [3.63, 3.8) is 0 Å². The number of anilines is 1. The number of fused-ring (bicyclic) bond motifs is 4. The second-order valence-electron chi connectivity index (χ2n) is 7.96. The molecule has 0 fully saturated rings. The van der Waals surface area contributed by atoms with Crippen molar-refractivity contribution in [1.29, 1.82) is 0 Å². The summed E-state index contributed by atoms with van der Waals surface area (Å²) in [5.74, 6) is 0.721. The fraction of sp³-hybridized carbons (Fsp3) is 0.250. The number of carbonyl (C=O) groups is 1. The van der Waals surface area contributed by atoms with Crippen LogP contribution in [0.25, 0.3) is 10.8 Å². The van der Waals surface area contributed by atoms with Gasteiger partial charge in [0, 0.05) is 24.6 Å². The van der Waals surface area contributed by atoms with Crippen molar-refractivity contribution >= 4 is 33.8 Å². The van der Waals surface area contributed by atoms with Crippen molar-refractivity contribution in [2.45, 2.75) is 12.5 Å². The first kappa shape index (κ1) is 18.6. The van der Waals surface area contributed by atoms with Crippen molar-refractivity contribution in [3.8, 4) is 5.75 Å². The highest BCUT2D eigenvalue weighted by Crippen LogP contribution is 2.48. The number of hydrogen-bond acceptors (Lipinski definition) is 5. The Labute approximate surface area is 175 Å². The lowest BCUT2D eigenvalue weighted by molar-refractivity contribution is -0.121. The number of hydrogen-bond donors (Lipinski definition) is 1. The van der Waals surface area contributed by atoms with Crippen LogP contribution in [0.1, 0.15) is 23.6 Å². The molecule has 0 aromatic heterocycles. The van der Waals surface area contributed by atoms with Gasteiger partial charge in [-0.05, 0) is 42.6 Å². The minimum atomic E-state index is -0.157. The number of amides is 1. The van der Waals surface area contributed by atoms with Gasteiger partial charge in [0.15, 0.2) is 0 Å². The molecule has 1 atom stereocenters. The zero-order valence-electron chi connectivity index (χ0n) is 17.3. The summed E-state index contributed by atoms with van der Waals surface area (Å²) in [5.41, 5.74) is 8.06. The Balaban J connectivity index is 1.64. The van der Waals surface area contributed by atoms with Gasteiger partial charge in [-0.3, -0.25) is 15.2 Å². The Kier molecular flexibility index (Phi) is 4.44. The van der Waals surface area contributed by atoms with Crippen molar-refractivity contribution in [2.75, 3.05) is 32.8 Å². The van der Waals surface area contributed by atoms with Gasteiger partial charge < -0.3 is 9.64 Å². The van der Waals surface area contributed by atoms with Gasteiger partial charge in [0.1, 0.15) is 11.8 Å². The molecule has 1 amide bonds. The highest BCUT2D eigenvalue weighted by molar-refractivity contribution is 6.23. The number of methoxy groups -OCH3 is 1. The number of nitrogens with one attached hydrogen (secondary N) is 1.